The summed E-state index contributed by atoms with van der Waals surface area (Å²) in [4.78, 5) is 10.8. The second-order valence-corrected chi connectivity index (χ2v) is 5.53. The highest BCUT2D eigenvalue weighted by Gasteiger charge is 2.15. The van der Waals surface area contributed by atoms with E-state index in [0.29, 0.717) is 5.69 Å². The third-order valence-electron chi connectivity index (χ3n) is 2.10. The highest BCUT2D eigenvalue weighted by atomic mass is 32.2. The Morgan fingerprint density at radius 2 is 1.83 bits per heavy atom. The molecule has 1 aromatic rings. The van der Waals surface area contributed by atoms with E-state index in [1.165, 1.54) is 24.3 Å². The minimum absolute atomic E-state index is 0. The van der Waals surface area contributed by atoms with E-state index in [9.17, 15) is 13.2 Å². The summed E-state index contributed by atoms with van der Waals surface area (Å²) >= 11 is 0. The first kappa shape index (κ1) is 17.2. The number of aliphatic hydroxyl groups is 1. The Balaban J connectivity index is 0.00000289. The molecular weight excluding hydrogens is 270 g/mol. The molecule has 0 heterocycles. The molecular formula is C10H15MgNO5S. The maximum atomic E-state index is 11.2. The highest BCUT2D eigenvalue weighted by molar-refractivity contribution is 7.90. The Hall–Kier alpha value is -0.834. The van der Waals surface area contributed by atoms with Crippen molar-refractivity contribution in [3.63, 3.8) is 0 Å². The monoisotopic (exact) mass is 285 g/mol. The number of carbonyl (C=O) groups is 1. The van der Waals surface area contributed by atoms with Gasteiger partial charge in [-0.2, -0.15) is 0 Å². The molecule has 98 valence electrons. The average Bonchev–Trinajstić information content (AvgIpc) is 2.25. The molecule has 0 aromatic heterocycles. The van der Waals surface area contributed by atoms with Gasteiger partial charge in [0, 0.05) is 11.9 Å². The third kappa shape index (κ3) is 4.81. The van der Waals surface area contributed by atoms with E-state index in [4.69, 9.17) is 10.2 Å². The van der Waals surface area contributed by atoms with Crippen LogP contribution in [0.2, 0.25) is 0 Å². The van der Waals surface area contributed by atoms with Crippen molar-refractivity contribution < 1.29 is 23.4 Å². The number of benzene rings is 1. The number of aliphatic hydroxyl groups excluding tert-OH is 1. The molecule has 1 unspecified atom stereocenters. The van der Waals surface area contributed by atoms with Crippen LogP contribution in [-0.2, 0) is 14.6 Å². The van der Waals surface area contributed by atoms with Crippen molar-refractivity contribution in [2.75, 3.05) is 18.2 Å². The molecule has 0 spiro atoms. The molecule has 1 rings (SSSR count). The molecule has 3 N–H and O–H groups in total. The maximum Gasteiger partial charge on any atom is 0.328 e. The molecule has 0 aliphatic carbocycles. The SMILES string of the molecule is CS(=O)(=O)c1ccc(NC(CO)C(=O)O)cc1.[MgH2]. The van der Waals surface area contributed by atoms with Crippen LogP contribution in [0.5, 0.6) is 0 Å². The number of rotatable bonds is 5. The Labute approximate surface area is 121 Å². The lowest BCUT2D eigenvalue weighted by molar-refractivity contribution is -0.138. The van der Waals surface area contributed by atoms with Gasteiger partial charge in [0.2, 0.25) is 0 Å². The molecule has 0 saturated carbocycles. The predicted octanol–water partition coefficient (Wildman–Crippen LogP) is -0.969. The number of carboxylic acids is 1. The van der Waals surface area contributed by atoms with Crippen molar-refractivity contribution in [1.29, 1.82) is 0 Å². The lowest BCUT2D eigenvalue weighted by Crippen LogP contribution is -2.32. The van der Waals surface area contributed by atoms with Crippen LogP contribution in [0.15, 0.2) is 29.2 Å². The molecule has 18 heavy (non-hydrogen) atoms. The molecule has 0 amide bonds. The van der Waals surface area contributed by atoms with E-state index in [1.807, 2.05) is 0 Å². The van der Waals surface area contributed by atoms with Gasteiger partial charge in [-0.1, -0.05) is 0 Å². The summed E-state index contributed by atoms with van der Waals surface area (Å²) in [6.45, 7) is -0.552. The zero-order valence-electron chi connectivity index (χ0n) is 9.12. The first-order valence-electron chi connectivity index (χ1n) is 4.75. The van der Waals surface area contributed by atoms with Gasteiger partial charge in [0.25, 0.3) is 0 Å². The molecule has 0 aliphatic rings. The quantitative estimate of drug-likeness (QED) is 0.602. The van der Waals surface area contributed by atoms with Gasteiger partial charge in [0.15, 0.2) is 9.84 Å². The summed E-state index contributed by atoms with van der Waals surface area (Å²) in [6.07, 6.45) is 1.09. The fraction of sp³-hybridized carbons (Fsp3) is 0.300. The van der Waals surface area contributed by atoms with Crippen molar-refractivity contribution in [2.24, 2.45) is 0 Å². The molecule has 1 atom stereocenters. The normalized spacial score (nSPS) is 12.3. The molecule has 0 bridgehead atoms. The Morgan fingerprint density at radius 1 is 1.33 bits per heavy atom. The number of hydrogen-bond donors (Lipinski definition) is 3. The zero-order valence-corrected chi connectivity index (χ0v) is 9.94. The summed E-state index contributed by atoms with van der Waals surface area (Å²) < 4.78 is 22.4. The van der Waals surface area contributed by atoms with E-state index in [2.05, 4.69) is 5.32 Å². The van der Waals surface area contributed by atoms with E-state index < -0.39 is 28.5 Å². The largest absolute Gasteiger partial charge is 0.480 e. The maximum absolute atomic E-state index is 11.2. The van der Waals surface area contributed by atoms with Gasteiger partial charge in [0.05, 0.1) is 11.5 Å². The number of hydrogen-bond acceptors (Lipinski definition) is 5. The van der Waals surface area contributed by atoms with E-state index >= 15 is 0 Å². The first-order valence-corrected chi connectivity index (χ1v) is 6.64. The molecule has 0 saturated heterocycles. The van der Waals surface area contributed by atoms with Crippen LogP contribution in [0.4, 0.5) is 5.69 Å². The molecule has 6 nitrogen and oxygen atoms in total. The second kappa shape index (κ2) is 6.93. The lowest BCUT2D eigenvalue weighted by Gasteiger charge is -2.13. The number of sulfone groups is 1. The number of anilines is 1. The van der Waals surface area contributed by atoms with E-state index in [-0.39, 0.29) is 27.9 Å². The minimum atomic E-state index is -3.26. The van der Waals surface area contributed by atoms with Crippen LogP contribution in [0.25, 0.3) is 0 Å². The summed E-state index contributed by atoms with van der Waals surface area (Å²) in [5.74, 6) is -1.18. The fourth-order valence-corrected chi connectivity index (χ4v) is 1.82. The van der Waals surface area contributed by atoms with Crippen LogP contribution < -0.4 is 5.32 Å². The van der Waals surface area contributed by atoms with Crippen molar-refractivity contribution in [2.45, 2.75) is 10.9 Å². The standard InChI is InChI=1S/C10H13NO5S.Mg.2H/c1-17(15,16)8-4-2-7(3-5-8)11-9(6-12)10(13)14;;;/h2-5,9,11-12H,6H2,1H3,(H,13,14);;;. The van der Waals surface area contributed by atoms with E-state index in [0.717, 1.165) is 6.26 Å². The Morgan fingerprint density at radius 3 is 2.17 bits per heavy atom. The van der Waals surface area contributed by atoms with Crippen molar-refractivity contribution in [3.05, 3.63) is 24.3 Å². The molecule has 0 aliphatic heterocycles. The predicted molar refractivity (Wildman–Crippen MR) is 70.2 cm³/mol. The van der Waals surface area contributed by atoms with Crippen molar-refractivity contribution >= 4 is 44.5 Å². The van der Waals surface area contributed by atoms with Gasteiger partial charge in [-0.25, -0.2) is 13.2 Å². The van der Waals surface area contributed by atoms with E-state index in [1.54, 1.807) is 0 Å². The van der Waals surface area contributed by atoms with Gasteiger partial charge in [-0.05, 0) is 24.3 Å². The van der Waals surface area contributed by atoms with Crippen LogP contribution in [0, 0.1) is 0 Å². The second-order valence-electron chi connectivity index (χ2n) is 3.51. The van der Waals surface area contributed by atoms with Gasteiger partial charge in [-0.15, -0.1) is 0 Å². The Kier molecular flexibility index (Phi) is 6.61. The lowest BCUT2D eigenvalue weighted by atomic mass is 10.2. The van der Waals surface area contributed by atoms with Gasteiger partial charge >= 0.3 is 29.0 Å². The first-order chi connectivity index (χ1) is 7.84. The third-order valence-corrected chi connectivity index (χ3v) is 3.23. The number of aliphatic carboxylic acids is 1. The van der Waals surface area contributed by atoms with Crippen LogP contribution >= 0.6 is 0 Å². The summed E-state index contributed by atoms with van der Waals surface area (Å²) in [6, 6.07) is 4.52. The zero-order chi connectivity index (χ0) is 13.1. The topological polar surface area (TPSA) is 104 Å². The van der Waals surface area contributed by atoms with Crippen molar-refractivity contribution in [1.82, 2.24) is 0 Å². The molecule has 1 aromatic carbocycles. The Bertz CT molecular complexity index is 500. The summed E-state index contributed by atoms with van der Waals surface area (Å²) in [5.41, 5.74) is 0.429. The fourth-order valence-electron chi connectivity index (χ4n) is 1.19. The van der Waals surface area contributed by atoms with Crippen LogP contribution in [-0.4, -0.2) is 66.6 Å². The van der Waals surface area contributed by atoms with Gasteiger partial charge in [0.1, 0.15) is 6.04 Å². The van der Waals surface area contributed by atoms with Gasteiger partial charge < -0.3 is 15.5 Å². The molecule has 8 heteroatoms. The summed E-state index contributed by atoms with van der Waals surface area (Å²) in [7, 11) is -3.26. The van der Waals surface area contributed by atoms with Crippen molar-refractivity contribution in [3.8, 4) is 0 Å². The number of carboxylic acid groups (broad SMARTS) is 1. The molecule has 0 radical (unpaired) electrons. The average molecular weight is 286 g/mol. The highest BCUT2D eigenvalue weighted by Crippen LogP contribution is 2.14. The van der Waals surface area contributed by atoms with Crippen LogP contribution in [0.1, 0.15) is 0 Å². The number of nitrogens with one attached hydrogen (secondary N) is 1. The van der Waals surface area contributed by atoms with Crippen LogP contribution in [0.3, 0.4) is 0 Å². The van der Waals surface area contributed by atoms with Gasteiger partial charge in [-0.3, -0.25) is 0 Å². The smallest absolute Gasteiger partial charge is 0.328 e. The molecule has 0 fully saturated rings. The summed E-state index contributed by atoms with van der Waals surface area (Å²) in [5, 5.41) is 20.1. The minimum Gasteiger partial charge on any atom is -0.480 e.